The zero-order valence-electron chi connectivity index (χ0n) is 8.39. The molecule has 0 saturated carbocycles. The average Bonchev–Trinajstić information content (AvgIpc) is 2.11. The Bertz CT molecular complexity index is 189. The van der Waals surface area contributed by atoms with Crippen LogP contribution in [-0.2, 0) is 4.74 Å². The first-order valence-electron chi connectivity index (χ1n) is 4.98. The molecule has 0 bridgehead atoms. The maximum atomic E-state index is 11.7. The van der Waals surface area contributed by atoms with Crippen molar-refractivity contribution in [3.63, 3.8) is 0 Å². The zero-order chi connectivity index (χ0) is 11.3. The minimum absolute atomic E-state index is 0.152. The van der Waals surface area contributed by atoms with Crippen LogP contribution in [0.3, 0.4) is 0 Å². The van der Waals surface area contributed by atoms with Gasteiger partial charge in [-0.25, -0.2) is 0 Å². The van der Waals surface area contributed by atoms with E-state index >= 15 is 0 Å². The number of ether oxygens (including phenoxy) is 1. The standard InChI is InChI=1S/C9H15BrF3NO/c10-8-2-1-3-14(6-8)4-5-15-7-9(11,12)13/h8H,1-7H2. The quantitative estimate of drug-likeness (QED) is 0.582. The third-order valence-electron chi connectivity index (χ3n) is 2.27. The van der Waals surface area contributed by atoms with Gasteiger partial charge in [-0.3, -0.25) is 4.90 Å². The van der Waals surface area contributed by atoms with Gasteiger partial charge in [0.1, 0.15) is 6.61 Å². The number of nitrogens with zero attached hydrogens (tertiary/aromatic N) is 1. The first-order valence-corrected chi connectivity index (χ1v) is 5.90. The predicted molar refractivity (Wildman–Crippen MR) is 55.3 cm³/mol. The maximum Gasteiger partial charge on any atom is 0.411 e. The number of likely N-dealkylation sites (tertiary alicyclic amines) is 1. The summed E-state index contributed by atoms with van der Waals surface area (Å²) in [6, 6.07) is 0. The lowest BCUT2D eigenvalue weighted by Gasteiger charge is -2.29. The molecule has 2 nitrogen and oxygen atoms in total. The van der Waals surface area contributed by atoms with E-state index in [1.807, 2.05) is 0 Å². The van der Waals surface area contributed by atoms with Crippen LogP contribution in [0.25, 0.3) is 0 Å². The molecule has 1 saturated heterocycles. The SMILES string of the molecule is FC(F)(F)COCCN1CCCC(Br)C1. The highest BCUT2D eigenvalue weighted by Gasteiger charge is 2.27. The van der Waals surface area contributed by atoms with Gasteiger partial charge in [0.2, 0.25) is 0 Å². The van der Waals surface area contributed by atoms with E-state index in [0.29, 0.717) is 11.4 Å². The molecule has 0 N–H and O–H groups in total. The molecule has 15 heavy (non-hydrogen) atoms. The third-order valence-corrected chi connectivity index (χ3v) is 3.01. The minimum Gasteiger partial charge on any atom is -0.371 e. The Morgan fingerprint density at radius 1 is 1.40 bits per heavy atom. The van der Waals surface area contributed by atoms with E-state index in [1.54, 1.807) is 0 Å². The number of piperidine rings is 1. The van der Waals surface area contributed by atoms with Gasteiger partial charge in [0, 0.05) is 17.9 Å². The van der Waals surface area contributed by atoms with Crippen LogP contribution < -0.4 is 0 Å². The van der Waals surface area contributed by atoms with Gasteiger partial charge >= 0.3 is 6.18 Å². The van der Waals surface area contributed by atoms with Crippen molar-refractivity contribution < 1.29 is 17.9 Å². The van der Waals surface area contributed by atoms with Crippen LogP contribution in [0, 0.1) is 0 Å². The van der Waals surface area contributed by atoms with E-state index in [4.69, 9.17) is 0 Å². The van der Waals surface area contributed by atoms with Crippen molar-refractivity contribution in [1.82, 2.24) is 4.90 Å². The Hall–Kier alpha value is 0.190. The average molecular weight is 290 g/mol. The molecule has 1 aliphatic heterocycles. The van der Waals surface area contributed by atoms with Gasteiger partial charge in [0.25, 0.3) is 0 Å². The van der Waals surface area contributed by atoms with Crippen LogP contribution in [0.15, 0.2) is 0 Å². The Balaban J connectivity index is 2.04. The molecular formula is C9H15BrF3NO. The minimum atomic E-state index is -4.21. The molecule has 6 heteroatoms. The van der Waals surface area contributed by atoms with Crippen LogP contribution in [0.2, 0.25) is 0 Å². The number of alkyl halides is 4. The van der Waals surface area contributed by atoms with Gasteiger partial charge in [-0.1, -0.05) is 15.9 Å². The molecule has 1 atom stereocenters. The van der Waals surface area contributed by atoms with Crippen molar-refractivity contribution in [2.75, 3.05) is 32.8 Å². The van der Waals surface area contributed by atoms with E-state index in [0.717, 1.165) is 25.9 Å². The van der Waals surface area contributed by atoms with Crippen molar-refractivity contribution in [3.8, 4) is 0 Å². The summed E-state index contributed by atoms with van der Waals surface area (Å²) < 4.78 is 39.8. The lowest BCUT2D eigenvalue weighted by Crippen LogP contribution is -2.38. The fourth-order valence-electron chi connectivity index (χ4n) is 1.58. The lowest BCUT2D eigenvalue weighted by molar-refractivity contribution is -0.174. The summed E-state index contributed by atoms with van der Waals surface area (Å²) in [5.74, 6) is 0. The Kier molecular flexibility index (Phi) is 5.35. The second-order valence-electron chi connectivity index (χ2n) is 3.71. The highest BCUT2D eigenvalue weighted by atomic mass is 79.9. The Labute approximate surface area is 95.9 Å². The van der Waals surface area contributed by atoms with Crippen molar-refractivity contribution in [2.45, 2.75) is 23.8 Å². The molecule has 0 aromatic heterocycles. The van der Waals surface area contributed by atoms with Gasteiger partial charge in [0.15, 0.2) is 0 Å². The molecule has 1 heterocycles. The topological polar surface area (TPSA) is 12.5 Å². The van der Waals surface area contributed by atoms with Crippen LogP contribution in [0.5, 0.6) is 0 Å². The fourth-order valence-corrected chi connectivity index (χ4v) is 2.32. The summed E-state index contributed by atoms with van der Waals surface area (Å²) in [5, 5.41) is 0. The van der Waals surface area contributed by atoms with Gasteiger partial charge in [0.05, 0.1) is 6.61 Å². The van der Waals surface area contributed by atoms with Crippen molar-refractivity contribution in [1.29, 1.82) is 0 Å². The molecule has 0 radical (unpaired) electrons. The molecule has 1 unspecified atom stereocenters. The first kappa shape index (κ1) is 13.3. The zero-order valence-corrected chi connectivity index (χ0v) is 9.98. The predicted octanol–water partition coefficient (Wildman–Crippen LogP) is 2.42. The summed E-state index contributed by atoms with van der Waals surface area (Å²) in [4.78, 5) is 2.59. The normalized spacial score (nSPS) is 24.4. The number of rotatable bonds is 4. The van der Waals surface area contributed by atoms with Gasteiger partial charge in [-0.2, -0.15) is 13.2 Å². The van der Waals surface area contributed by atoms with Crippen molar-refractivity contribution >= 4 is 15.9 Å². The monoisotopic (exact) mass is 289 g/mol. The Morgan fingerprint density at radius 3 is 2.73 bits per heavy atom. The molecule has 0 spiro atoms. The largest absolute Gasteiger partial charge is 0.411 e. The van der Waals surface area contributed by atoms with Crippen LogP contribution in [-0.4, -0.2) is 48.8 Å². The molecule has 0 aromatic carbocycles. The molecule has 1 rings (SSSR count). The molecular weight excluding hydrogens is 275 g/mol. The maximum absolute atomic E-state index is 11.7. The molecule has 1 aliphatic rings. The summed E-state index contributed by atoms with van der Waals surface area (Å²) >= 11 is 3.51. The second-order valence-corrected chi connectivity index (χ2v) is 5.00. The number of hydrogen-bond donors (Lipinski definition) is 0. The van der Waals surface area contributed by atoms with Gasteiger partial charge in [-0.05, 0) is 19.4 Å². The first-order chi connectivity index (χ1) is 6.97. The van der Waals surface area contributed by atoms with Gasteiger partial charge in [-0.15, -0.1) is 0 Å². The number of hydrogen-bond acceptors (Lipinski definition) is 2. The Morgan fingerprint density at radius 2 is 2.13 bits per heavy atom. The summed E-state index contributed by atoms with van der Waals surface area (Å²) in [7, 11) is 0. The number of halogens is 4. The van der Waals surface area contributed by atoms with E-state index in [1.165, 1.54) is 0 Å². The van der Waals surface area contributed by atoms with Gasteiger partial charge < -0.3 is 4.74 Å². The summed E-state index contributed by atoms with van der Waals surface area (Å²) in [6.45, 7) is 1.45. The van der Waals surface area contributed by atoms with Crippen LogP contribution in [0.1, 0.15) is 12.8 Å². The highest BCUT2D eigenvalue weighted by molar-refractivity contribution is 9.09. The van der Waals surface area contributed by atoms with Crippen molar-refractivity contribution in [2.24, 2.45) is 0 Å². The van der Waals surface area contributed by atoms with E-state index < -0.39 is 12.8 Å². The molecule has 1 fully saturated rings. The molecule has 0 amide bonds. The fraction of sp³-hybridized carbons (Fsp3) is 1.00. The molecule has 0 aliphatic carbocycles. The summed E-state index contributed by atoms with van der Waals surface area (Å²) in [5.41, 5.74) is 0. The summed E-state index contributed by atoms with van der Waals surface area (Å²) in [6.07, 6.45) is -1.98. The molecule has 90 valence electrons. The molecule has 0 aromatic rings. The van der Waals surface area contributed by atoms with E-state index in [2.05, 4.69) is 25.6 Å². The van der Waals surface area contributed by atoms with E-state index in [9.17, 15) is 13.2 Å². The second kappa shape index (κ2) is 6.06. The van der Waals surface area contributed by atoms with Crippen LogP contribution >= 0.6 is 15.9 Å². The van der Waals surface area contributed by atoms with Crippen LogP contribution in [0.4, 0.5) is 13.2 Å². The highest BCUT2D eigenvalue weighted by Crippen LogP contribution is 2.17. The third kappa shape index (κ3) is 6.37. The lowest BCUT2D eigenvalue weighted by atomic mass is 10.1. The van der Waals surface area contributed by atoms with E-state index in [-0.39, 0.29) is 6.61 Å². The van der Waals surface area contributed by atoms with Crippen molar-refractivity contribution in [3.05, 3.63) is 0 Å². The smallest absolute Gasteiger partial charge is 0.371 e.